The summed E-state index contributed by atoms with van der Waals surface area (Å²) in [6, 6.07) is 4.54. The molecule has 0 spiro atoms. The van der Waals surface area contributed by atoms with Crippen molar-refractivity contribution in [1.82, 2.24) is 0 Å². The second-order valence-electron chi connectivity index (χ2n) is 4.32. The minimum absolute atomic E-state index is 0. The molecule has 13 heteroatoms. The van der Waals surface area contributed by atoms with Gasteiger partial charge >= 0.3 is 59.1 Å². The standard InChI is InChI=1S/C11H10N2O7S2.2Na/c14-11-9(5-6-21(15,16)17)10(12-13-11)7-1-3-8(4-2-7)22(18,19)20;;/h1-4H,5-6H2,(H,15,16,17)(H,18,19,20);;/q;2*+1/p-2. The Morgan fingerprint density at radius 2 is 1.46 bits per heavy atom. The van der Waals surface area contributed by atoms with Crippen LogP contribution in [0.25, 0.3) is 5.70 Å². The van der Waals surface area contributed by atoms with Gasteiger partial charge in [0.05, 0.1) is 15.0 Å². The zero-order valence-corrected chi connectivity index (χ0v) is 18.4. The second-order valence-corrected chi connectivity index (χ2v) is 7.23. The van der Waals surface area contributed by atoms with Gasteiger partial charge in [-0.3, -0.25) is 4.79 Å². The molecule has 0 fully saturated rings. The molecule has 1 aromatic rings. The van der Waals surface area contributed by atoms with E-state index in [1.165, 1.54) is 12.1 Å². The molecule has 0 aliphatic carbocycles. The quantitative estimate of drug-likeness (QED) is 0.358. The monoisotopic (exact) mass is 390 g/mol. The van der Waals surface area contributed by atoms with Crippen molar-refractivity contribution < 1.29 is 89.9 Å². The zero-order valence-electron chi connectivity index (χ0n) is 12.8. The number of hydrogen-bond acceptors (Lipinski definition) is 8. The topological polar surface area (TPSA) is 156 Å². The average molecular weight is 390 g/mol. The SMILES string of the molecule is O=C1N=NC(c2ccc(S(=O)(=O)[O-])cc2)=C1CCS(=O)(=O)[O-].[Na+].[Na+]. The molecule has 1 aliphatic rings. The molecule has 1 heterocycles. The van der Waals surface area contributed by atoms with Crippen LogP contribution in [-0.2, 0) is 25.0 Å². The first kappa shape index (κ1) is 24.1. The Balaban J connectivity index is 0.00000264. The van der Waals surface area contributed by atoms with Crippen LogP contribution < -0.4 is 59.1 Å². The van der Waals surface area contributed by atoms with Crippen molar-refractivity contribution in [3.8, 4) is 0 Å². The molecule has 118 valence electrons. The Morgan fingerprint density at radius 3 is 1.92 bits per heavy atom. The van der Waals surface area contributed by atoms with Gasteiger partial charge < -0.3 is 9.11 Å². The van der Waals surface area contributed by atoms with E-state index in [2.05, 4.69) is 10.2 Å². The van der Waals surface area contributed by atoms with Gasteiger partial charge in [-0.05, 0) is 18.6 Å². The largest absolute Gasteiger partial charge is 1.00 e. The molecular formula is C11H8N2Na2O7S2. The van der Waals surface area contributed by atoms with Crippen LogP contribution >= 0.6 is 0 Å². The van der Waals surface area contributed by atoms with Gasteiger partial charge in [0.15, 0.2) is 0 Å². The molecule has 1 aromatic carbocycles. The summed E-state index contributed by atoms with van der Waals surface area (Å²) in [5, 5.41) is 6.87. The van der Waals surface area contributed by atoms with Crippen LogP contribution in [0.4, 0.5) is 0 Å². The van der Waals surface area contributed by atoms with Crippen LogP contribution in [0.1, 0.15) is 12.0 Å². The van der Waals surface area contributed by atoms with Gasteiger partial charge in [-0.2, -0.15) is 0 Å². The molecule has 0 radical (unpaired) electrons. The van der Waals surface area contributed by atoms with Crippen molar-refractivity contribution in [2.45, 2.75) is 11.3 Å². The summed E-state index contributed by atoms with van der Waals surface area (Å²) in [6.45, 7) is 0. The summed E-state index contributed by atoms with van der Waals surface area (Å²) in [4.78, 5) is 11.1. The van der Waals surface area contributed by atoms with Crippen molar-refractivity contribution in [3.63, 3.8) is 0 Å². The second kappa shape index (κ2) is 9.12. The number of benzene rings is 1. The Morgan fingerprint density at radius 1 is 0.917 bits per heavy atom. The molecule has 0 bridgehead atoms. The Kier molecular flexibility index (Phi) is 9.14. The van der Waals surface area contributed by atoms with Gasteiger partial charge in [-0.15, -0.1) is 10.2 Å². The molecule has 0 aromatic heterocycles. The number of carbonyl (C=O) groups excluding carboxylic acids is 1. The van der Waals surface area contributed by atoms with E-state index in [9.17, 15) is 30.7 Å². The van der Waals surface area contributed by atoms with Crippen molar-refractivity contribution in [2.75, 3.05) is 5.75 Å². The van der Waals surface area contributed by atoms with Crippen molar-refractivity contribution in [1.29, 1.82) is 0 Å². The molecule has 0 unspecified atom stereocenters. The molecule has 0 saturated carbocycles. The van der Waals surface area contributed by atoms with Gasteiger partial charge in [0.25, 0.3) is 5.91 Å². The average Bonchev–Trinajstić information content (AvgIpc) is 2.76. The minimum Gasteiger partial charge on any atom is -0.748 e. The maximum absolute atomic E-state index is 11.5. The van der Waals surface area contributed by atoms with Crippen LogP contribution in [0, 0.1) is 0 Å². The normalized spacial score (nSPS) is 14.3. The van der Waals surface area contributed by atoms with Gasteiger partial charge in [-0.1, -0.05) is 12.1 Å². The van der Waals surface area contributed by atoms with Crippen molar-refractivity contribution in [3.05, 3.63) is 35.4 Å². The van der Waals surface area contributed by atoms with Crippen molar-refractivity contribution >= 4 is 31.8 Å². The summed E-state index contributed by atoms with van der Waals surface area (Å²) < 4.78 is 64.4. The summed E-state index contributed by atoms with van der Waals surface area (Å²) in [5.74, 6) is -1.55. The number of carbonyl (C=O) groups is 1. The zero-order chi connectivity index (χ0) is 16.5. The Bertz CT molecular complexity index is 891. The van der Waals surface area contributed by atoms with Crippen LogP contribution in [0.15, 0.2) is 45.0 Å². The minimum atomic E-state index is -4.60. The maximum Gasteiger partial charge on any atom is 1.00 e. The smallest absolute Gasteiger partial charge is 0.748 e. The van der Waals surface area contributed by atoms with E-state index < -0.39 is 36.8 Å². The van der Waals surface area contributed by atoms with Crippen LogP contribution in [0.2, 0.25) is 0 Å². The summed E-state index contributed by atoms with van der Waals surface area (Å²) in [7, 11) is -9.11. The molecule has 24 heavy (non-hydrogen) atoms. The predicted octanol–water partition coefficient (Wildman–Crippen LogP) is -5.76. The third-order valence-corrected chi connectivity index (χ3v) is 4.36. The van der Waals surface area contributed by atoms with E-state index in [4.69, 9.17) is 0 Å². The number of amides is 1. The van der Waals surface area contributed by atoms with Crippen LogP contribution in [0.3, 0.4) is 0 Å². The fraction of sp³-hybridized carbons (Fsp3) is 0.182. The number of rotatable bonds is 5. The third-order valence-electron chi connectivity index (χ3n) is 2.80. The molecule has 0 saturated heterocycles. The molecule has 1 amide bonds. The first-order valence-electron chi connectivity index (χ1n) is 5.77. The van der Waals surface area contributed by atoms with Gasteiger partial charge in [0.1, 0.15) is 15.8 Å². The van der Waals surface area contributed by atoms with Crippen LogP contribution in [0.5, 0.6) is 0 Å². The molecule has 0 N–H and O–H groups in total. The summed E-state index contributed by atoms with van der Waals surface area (Å²) in [5.41, 5.74) is 0.265. The van der Waals surface area contributed by atoms with E-state index in [0.29, 0.717) is 0 Å². The van der Waals surface area contributed by atoms with Gasteiger partial charge in [-0.25, -0.2) is 16.8 Å². The van der Waals surface area contributed by atoms with E-state index in [1.807, 2.05) is 0 Å². The summed E-state index contributed by atoms with van der Waals surface area (Å²) >= 11 is 0. The van der Waals surface area contributed by atoms with E-state index >= 15 is 0 Å². The molecule has 0 atom stereocenters. The maximum atomic E-state index is 11.5. The summed E-state index contributed by atoms with van der Waals surface area (Å²) in [6.07, 6.45) is -0.353. The number of hydrogen-bond donors (Lipinski definition) is 0. The molecule has 1 aliphatic heterocycles. The first-order valence-corrected chi connectivity index (χ1v) is 8.75. The third kappa shape index (κ3) is 6.41. The molecular weight excluding hydrogens is 382 g/mol. The van der Waals surface area contributed by atoms with Crippen LogP contribution in [-0.4, -0.2) is 37.6 Å². The molecule has 9 nitrogen and oxygen atoms in total. The Labute approximate surface area is 182 Å². The van der Waals surface area contributed by atoms with Crippen molar-refractivity contribution in [2.24, 2.45) is 10.2 Å². The molecule has 2 rings (SSSR count). The Hall–Kier alpha value is 0.0500. The fourth-order valence-electron chi connectivity index (χ4n) is 1.78. The number of nitrogens with zero attached hydrogens (tertiary/aromatic N) is 2. The van der Waals surface area contributed by atoms with E-state index in [1.54, 1.807) is 0 Å². The fourth-order valence-corrected chi connectivity index (χ4v) is 2.70. The number of azo groups is 1. The van der Waals surface area contributed by atoms with Gasteiger partial charge in [0.2, 0.25) is 0 Å². The predicted molar refractivity (Wildman–Crippen MR) is 70.4 cm³/mol. The first-order chi connectivity index (χ1) is 10.1. The van der Waals surface area contributed by atoms with E-state index in [0.717, 1.165) is 12.1 Å². The van der Waals surface area contributed by atoms with Gasteiger partial charge in [0, 0.05) is 16.9 Å². The van der Waals surface area contributed by atoms with E-state index in [-0.39, 0.29) is 82.4 Å².